The van der Waals surface area contributed by atoms with Crippen LogP contribution in [0.2, 0.25) is 0 Å². The molecule has 1 N–H and O–H groups in total. The molecule has 1 aliphatic carbocycles. The number of carbonyl (C=O) groups is 1. The van der Waals surface area contributed by atoms with Crippen molar-refractivity contribution in [1.29, 1.82) is 5.26 Å². The van der Waals surface area contributed by atoms with Crippen molar-refractivity contribution in [2.75, 3.05) is 5.32 Å². The van der Waals surface area contributed by atoms with E-state index in [1.165, 1.54) is 4.57 Å². The highest BCUT2D eigenvalue weighted by molar-refractivity contribution is 5.92. The van der Waals surface area contributed by atoms with Gasteiger partial charge in [-0.3, -0.25) is 23.7 Å². The summed E-state index contributed by atoms with van der Waals surface area (Å²) in [5.74, 6) is 0.00301. The monoisotopic (exact) mass is 521 g/mol. The predicted octanol–water partition coefficient (Wildman–Crippen LogP) is 4.54. The highest BCUT2D eigenvalue weighted by atomic mass is 16.2. The maximum Gasteiger partial charge on any atom is 0.331 e. The lowest BCUT2D eigenvalue weighted by Crippen LogP contribution is -2.42. The van der Waals surface area contributed by atoms with E-state index < -0.39 is 0 Å². The molecule has 1 aliphatic rings. The summed E-state index contributed by atoms with van der Waals surface area (Å²) in [6, 6.07) is 16.9. The first kappa shape index (κ1) is 26.1. The molecule has 5 rings (SSSR count). The quantitative estimate of drug-likeness (QED) is 0.401. The Balaban J connectivity index is 1.42. The molecule has 1 amide bonds. The van der Waals surface area contributed by atoms with Crippen molar-refractivity contribution in [3.05, 3.63) is 104 Å². The third-order valence-corrected chi connectivity index (χ3v) is 7.87. The first-order chi connectivity index (χ1) is 18.9. The number of nitrogens with one attached hydrogen (secondary N) is 1. The van der Waals surface area contributed by atoms with Crippen LogP contribution in [0.25, 0.3) is 10.9 Å². The first-order valence-electron chi connectivity index (χ1n) is 13.3. The van der Waals surface area contributed by atoms with E-state index in [0.29, 0.717) is 35.9 Å². The van der Waals surface area contributed by atoms with Crippen LogP contribution < -0.4 is 16.6 Å². The van der Waals surface area contributed by atoms with Crippen LogP contribution in [0.4, 0.5) is 5.69 Å². The number of hydrogen-bond donors (Lipinski definition) is 1. The van der Waals surface area contributed by atoms with Crippen LogP contribution in [0.5, 0.6) is 0 Å². The molecule has 1 fully saturated rings. The highest BCUT2D eigenvalue weighted by Crippen LogP contribution is 2.30. The van der Waals surface area contributed by atoms with Crippen LogP contribution in [-0.2, 0) is 17.9 Å². The maximum atomic E-state index is 13.8. The van der Waals surface area contributed by atoms with Crippen molar-refractivity contribution >= 4 is 22.5 Å². The van der Waals surface area contributed by atoms with E-state index in [1.54, 1.807) is 35.2 Å². The Kier molecular flexibility index (Phi) is 7.42. The fourth-order valence-corrected chi connectivity index (χ4v) is 5.68. The van der Waals surface area contributed by atoms with E-state index in [2.05, 4.69) is 16.4 Å². The van der Waals surface area contributed by atoms with Gasteiger partial charge in [-0.05, 0) is 80.3 Å². The summed E-state index contributed by atoms with van der Waals surface area (Å²) < 4.78 is 2.98. The van der Waals surface area contributed by atoms with Crippen LogP contribution in [0.3, 0.4) is 0 Å². The SMILES string of the molecule is Cc1cccc(Cn2c(=O)n(CC3CCC(C(=O)Nc4ccncc4)CC3)c(=O)c3c(C)cccc32)c1C#N. The summed E-state index contributed by atoms with van der Waals surface area (Å²) in [6.45, 7) is 4.26. The normalized spacial score (nSPS) is 17.1. The number of nitrogens with zero attached hydrogens (tertiary/aromatic N) is 4. The summed E-state index contributed by atoms with van der Waals surface area (Å²) in [6.07, 6.45) is 6.19. The summed E-state index contributed by atoms with van der Waals surface area (Å²) in [4.78, 5) is 44.2. The second-order valence-corrected chi connectivity index (χ2v) is 10.4. The molecule has 0 atom stereocenters. The number of fused-ring (bicyclic) bond motifs is 1. The zero-order chi connectivity index (χ0) is 27.5. The molecule has 2 heterocycles. The highest BCUT2D eigenvalue weighted by Gasteiger charge is 2.28. The molecule has 0 radical (unpaired) electrons. The first-order valence-corrected chi connectivity index (χ1v) is 13.3. The van der Waals surface area contributed by atoms with Crippen molar-refractivity contribution in [2.45, 2.75) is 52.6 Å². The van der Waals surface area contributed by atoms with E-state index in [0.717, 1.165) is 35.2 Å². The number of aryl methyl sites for hydroxylation is 2. The minimum atomic E-state index is -0.374. The molecule has 0 unspecified atom stereocenters. The standard InChI is InChI=1S/C31H31N5O3/c1-20-5-3-7-24(26(20)17-32)19-35-27-8-4-6-21(2)28(27)30(38)36(31(35)39)18-22-9-11-23(12-10-22)29(37)34-25-13-15-33-16-14-25/h3-8,13-16,22-23H,9-12,18-19H2,1-2H3,(H,33,34,37). The van der Waals surface area contributed by atoms with Gasteiger partial charge < -0.3 is 5.32 Å². The molecular weight excluding hydrogens is 490 g/mol. The number of benzene rings is 2. The number of pyridine rings is 1. The van der Waals surface area contributed by atoms with E-state index in [1.807, 2.05) is 44.2 Å². The van der Waals surface area contributed by atoms with Crippen LogP contribution in [0, 0.1) is 37.0 Å². The molecule has 0 bridgehead atoms. The largest absolute Gasteiger partial charge is 0.331 e. The molecule has 39 heavy (non-hydrogen) atoms. The minimum absolute atomic E-state index is 0.00745. The number of rotatable bonds is 6. The average Bonchev–Trinajstić information content (AvgIpc) is 2.94. The minimum Gasteiger partial charge on any atom is -0.326 e. The summed E-state index contributed by atoms with van der Waals surface area (Å²) in [5, 5.41) is 13.2. The van der Waals surface area contributed by atoms with E-state index in [-0.39, 0.29) is 35.5 Å². The molecular formula is C31H31N5O3. The number of anilines is 1. The fraction of sp³-hybridized carbons (Fsp3) is 0.323. The molecule has 2 aromatic heterocycles. The van der Waals surface area contributed by atoms with Crippen LogP contribution >= 0.6 is 0 Å². The van der Waals surface area contributed by atoms with Crippen molar-refractivity contribution < 1.29 is 4.79 Å². The number of aromatic nitrogens is 3. The van der Waals surface area contributed by atoms with Crippen LogP contribution in [-0.4, -0.2) is 20.0 Å². The maximum absolute atomic E-state index is 13.8. The second kappa shape index (κ2) is 11.1. The molecule has 0 saturated heterocycles. The summed E-state index contributed by atoms with van der Waals surface area (Å²) in [7, 11) is 0. The predicted molar refractivity (Wildman–Crippen MR) is 151 cm³/mol. The van der Waals surface area contributed by atoms with Gasteiger partial charge in [0, 0.05) is 30.5 Å². The van der Waals surface area contributed by atoms with Gasteiger partial charge in [-0.25, -0.2) is 4.79 Å². The molecule has 198 valence electrons. The summed E-state index contributed by atoms with van der Waals surface area (Å²) >= 11 is 0. The number of hydrogen-bond acceptors (Lipinski definition) is 5. The van der Waals surface area contributed by atoms with Gasteiger partial charge in [-0.15, -0.1) is 0 Å². The summed E-state index contributed by atoms with van der Waals surface area (Å²) in [5.41, 5.74) is 3.59. The lowest BCUT2D eigenvalue weighted by atomic mass is 9.81. The van der Waals surface area contributed by atoms with E-state index in [9.17, 15) is 19.6 Å². The molecule has 1 saturated carbocycles. The Morgan fingerprint density at radius 1 is 0.974 bits per heavy atom. The molecule has 8 heteroatoms. The van der Waals surface area contributed by atoms with Crippen LogP contribution in [0.1, 0.15) is 47.9 Å². The molecule has 4 aromatic rings. The van der Waals surface area contributed by atoms with Crippen LogP contribution in [0.15, 0.2) is 70.5 Å². The van der Waals surface area contributed by atoms with Gasteiger partial charge in [-0.1, -0.05) is 30.3 Å². The molecule has 0 aliphatic heterocycles. The molecule has 2 aromatic carbocycles. The van der Waals surface area contributed by atoms with E-state index >= 15 is 0 Å². The van der Waals surface area contributed by atoms with Crippen molar-refractivity contribution in [3.63, 3.8) is 0 Å². The second-order valence-electron chi connectivity index (χ2n) is 10.4. The van der Waals surface area contributed by atoms with Gasteiger partial charge in [0.1, 0.15) is 0 Å². The van der Waals surface area contributed by atoms with Gasteiger partial charge in [-0.2, -0.15) is 5.26 Å². The molecule has 0 spiro atoms. The van der Waals surface area contributed by atoms with Gasteiger partial charge in [0.05, 0.1) is 29.1 Å². The number of nitriles is 1. The lowest BCUT2D eigenvalue weighted by Gasteiger charge is -2.28. The topological polar surface area (TPSA) is 110 Å². The Morgan fingerprint density at radius 2 is 1.67 bits per heavy atom. The number of amides is 1. The zero-order valence-electron chi connectivity index (χ0n) is 22.2. The Bertz CT molecular complexity index is 1690. The van der Waals surface area contributed by atoms with Gasteiger partial charge in [0.25, 0.3) is 5.56 Å². The molecule has 8 nitrogen and oxygen atoms in total. The van der Waals surface area contributed by atoms with Crippen molar-refractivity contribution in [2.24, 2.45) is 11.8 Å². The Morgan fingerprint density at radius 3 is 2.38 bits per heavy atom. The van der Waals surface area contributed by atoms with E-state index in [4.69, 9.17) is 0 Å². The van der Waals surface area contributed by atoms with Gasteiger partial charge in [0.2, 0.25) is 5.91 Å². The van der Waals surface area contributed by atoms with Gasteiger partial charge >= 0.3 is 5.69 Å². The van der Waals surface area contributed by atoms with Crippen molar-refractivity contribution in [1.82, 2.24) is 14.1 Å². The Labute approximate surface area is 226 Å². The third-order valence-electron chi connectivity index (χ3n) is 7.87. The number of carbonyl (C=O) groups excluding carboxylic acids is 1. The Hall–Kier alpha value is -4.51. The fourth-order valence-electron chi connectivity index (χ4n) is 5.68. The third kappa shape index (κ3) is 5.26. The smallest absolute Gasteiger partial charge is 0.326 e. The average molecular weight is 522 g/mol. The van der Waals surface area contributed by atoms with Crippen molar-refractivity contribution in [3.8, 4) is 6.07 Å². The van der Waals surface area contributed by atoms with Gasteiger partial charge in [0.15, 0.2) is 0 Å². The zero-order valence-corrected chi connectivity index (χ0v) is 22.2. The lowest BCUT2D eigenvalue weighted by molar-refractivity contribution is -0.121.